The monoisotopic (exact) mass is 420 g/mol. The molecule has 0 saturated heterocycles. The predicted molar refractivity (Wildman–Crippen MR) is 112 cm³/mol. The van der Waals surface area contributed by atoms with Gasteiger partial charge in [-0.25, -0.2) is 8.42 Å². The van der Waals surface area contributed by atoms with Gasteiger partial charge in [0.15, 0.2) is 0 Å². The first-order chi connectivity index (χ1) is 13.3. The summed E-state index contributed by atoms with van der Waals surface area (Å²) in [6.45, 7) is 0. The molecule has 1 aliphatic carbocycles. The Morgan fingerprint density at radius 1 is 1.00 bits per heavy atom. The van der Waals surface area contributed by atoms with E-state index in [0.29, 0.717) is 16.3 Å². The molecule has 28 heavy (non-hydrogen) atoms. The third kappa shape index (κ3) is 4.33. The zero-order valence-corrected chi connectivity index (χ0v) is 17.7. The van der Waals surface area contributed by atoms with Gasteiger partial charge in [-0.1, -0.05) is 43.0 Å². The lowest BCUT2D eigenvalue weighted by molar-refractivity contribution is 0.0696. The molecule has 0 N–H and O–H groups in total. The fourth-order valence-corrected chi connectivity index (χ4v) is 5.01. The maximum Gasteiger partial charge on any atom is 0.264 e. The van der Waals surface area contributed by atoms with Crippen LogP contribution in [0.15, 0.2) is 53.4 Å². The molecular weight excluding hydrogens is 396 g/mol. The molecule has 1 fully saturated rings. The number of hydrogen-bond acceptors (Lipinski definition) is 3. The third-order valence-corrected chi connectivity index (χ3v) is 7.37. The molecule has 0 radical (unpaired) electrons. The van der Waals surface area contributed by atoms with Crippen molar-refractivity contribution < 1.29 is 13.2 Å². The molecule has 1 amide bonds. The lowest BCUT2D eigenvalue weighted by Gasteiger charge is -2.31. The van der Waals surface area contributed by atoms with Gasteiger partial charge in [-0.2, -0.15) is 0 Å². The van der Waals surface area contributed by atoms with E-state index >= 15 is 0 Å². The summed E-state index contributed by atoms with van der Waals surface area (Å²) >= 11 is 5.99. The Bertz CT molecular complexity index is 956. The minimum absolute atomic E-state index is 0.0814. The maximum absolute atomic E-state index is 13.0. The highest BCUT2D eigenvalue weighted by molar-refractivity contribution is 7.92. The van der Waals surface area contributed by atoms with E-state index in [9.17, 15) is 13.2 Å². The van der Waals surface area contributed by atoms with Crippen LogP contribution in [-0.2, 0) is 10.0 Å². The van der Waals surface area contributed by atoms with Crippen molar-refractivity contribution in [2.24, 2.45) is 0 Å². The Morgan fingerprint density at radius 2 is 1.68 bits per heavy atom. The van der Waals surface area contributed by atoms with Gasteiger partial charge in [-0.3, -0.25) is 9.10 Å². The van der Waals surface area contributed by atoms with Crippen LogP contribution in [0, 0.1) is 0 Å². The van der Waals surface area contributed by atoms with Gasteiger partial charge in [0.05, 0.1) is 10.6 Å². The van der Waals surface area contributed by atoms with Gasteiger partial charge in [-0.05, 0) is 49.2 Å². The van der Waals surface area contributed by atoms with Crippen LogP contribution in [0.4, 0.5) is 5.69 Å². The largest absolute Gasteiger partial charge is 0.339 e. The van der Waals surface area contributed by atoms with Crippen LogP contribution < -0.4 is 4.31 Å². The average Bonchev–Trinajstić information content (AvgIpc) is 2.72. The molecule has 150 valence electrons. The van der Waals surface area contributed by atoms with Crippen LogP contribution in [0.1, 0.15) is 42.5 Å². The molecule has 0 aromatic heterocycles. The summed E-state index contributed by atoms with van der Waals surface area (Å²) in [5.41, 5.74) is 0.845. The summed E-state index contributed by atoms with van der Waals surface area (Å²) < 4.78 is 27.3. The van der Waals surface area contributed by atoms with Crippen LogP contribution in [0.3, 0.4) is 0 Å². The van der Waals surface area contributed by atoms with Crippen molar-refractivity contribution >= 4 is 33.2 Å². The van der Waals surface area contributed by atoms with Gasteiger partial charge < -0.3 is 4.90 Å². The topological polar surface area (TPSA) is 57.7 Å². The second-order valence-electron chi connectivity index (χ2n) is 7.19. The number of nitrogens with zero attached hydrogens (tertiary/aromatic N) is 2. The van der Waals surface area contributed by atoms with Gasteiger partial charge in [0.2, 0.25) is 0 Å². The summed E-state index contributed by atoms with van der Waals surface area (Å²) in [5, 5.41) is 0.456. The lowest BCUT2D eigenvalue weighted by Crippen LogP contribution is -2.38. The van der Waals surface area contributed by atoms with Gasteiger partial charge in [0.1, 0.15) is 0 Å². The van der Waals surface area contributed by atoms with Crippen LogP contribution in [-0.4, -0.2) is 39.4 Å². The number of carbonyl (C=O) groups excluding carboxylic acids is 1. The Morgan fingerprint density at radius 3 is 2.36 bits per heavy atom. The molecule has 0 unspecified atom stereocenters. The average molecular weight is 421 g/mol. The number of hydrogen-bond donors (Lipinski definition) is 0. The summed E-state index contributed by atoms with van der Waals surface area (Å²) in [4.78, 5) is 14.7. The lowest BCUT2D eigenvalue weighted by atomic mass is 9.94. The molecule has 0 bridgehead atoms. The van der Waals surface area contributed by atoms with Crippen molar-refractivity contribution in [3.05, 3.63) is 59.1 Å². The highest BCUT2D eigenvalue weighted by Gasteiger charge is 2.26. The molecule has 1 saturated carbocycles. The molecule has 3 rings (SSSR count). The second-order valence-corrected chi connectivity index (χ2v) is 9.59. The first-order valence-electron chi connectivity index (χ1n) is 9.42. The summed E-state index contributed by atoms with van der Waals surface area (Å²) in [6.07, 6.45) is 5.46. The van der Waals surface area contributed by atoms with Gasteiger partial charge >= 0.3 is 0 Å². The fraction of sp³-hybridized carbons (Fsp3) is 0.381. The zero-order valence-electron chi connectivity index (χ0n) is 16.1. The molecular formula is C21H25ClN2O3S. The van der Waals surface area contributed by atoms with Crippen molar-refractivity contribution in [1.82, 2.24) is 4.90 Å². The van der Waals surface area contributed by atoms with E-state index < -0.39 is 10.0 Å². The third-order valence-electron chi connectivity index (χ3n) is 5.35. The number of sulfonamides is 1. The van der Waals surface area contributed by atoms with E-state index in [0.717, 1.165) is 25.7 Å². The van der Waals surface area contributed by atoms with Gasteiger partial charge in [-0.15, -0.1) is 0 Å². The van der Waals surface area contributed by atoms with Crippen molar-refractivity contribution in [3.63, 3.8) is 0 Å². The van der Waals surface area contributed by atoms with E-state index in [4.69, 9.17) is 11.6 Å². The first-order valence-corrected chi connectivity index (χ1v) is 11.2. The molecule has 5 nitrogen and oxygen atoms in total. The molecule has 1 aliphatic rings. The van der Waals surface area contributed by atoms with Crippen LogP contribution >= 0.6 is 11.6 Å². The smallest absolute Gasteiger partial charge is 0.264 e. The highest BCUT2D eigenvalue weighted by atomic mass is 35.5. The molecule has 0 atom stereocenters. The summed E-state index contributed by atoms with van der Waals surface area (Å²) in [7, 11) is -0.532. The molecule has 7 heteroatoms. The highest BCUT2D eigenvalue weighted by Crippen LogP contribution is 2.26. The van der Waals surface area contributed by atoms with E-state index in [1.165, 1.54) is 29.9 Å². The number of amides is 1. The SMILES string of the molecule is CN(C(=O)c1cccc(S(=O)(=O)N(C)c2cccc(Cl)c2)c1)C1CCCCC1. The van der Waals surface area contributed by atoms with Crippen LogP contribution in [0.5, 0.6) is 0 Å². The number of halogens is 1. The minimum atomic E-state index is -3.81. The Balaban J connectivity index is 1.86. The molecule has 0 heterocycles. The summed E-state index contributed by atoms with van der Waals surface area (Å²) in [5.74, 6) is -0.144. The van der Waals surface area contributed by atoms with E-state index in [2.05, 4.69) is 0 Å². The number of rotatable bonds is 5. The fourth-order valence-electron chi connectivity index (χ4n) is 3.60. The van der Waals surface area contributed by atoms with E-state index in [-0.39, 0.29) is 16.8 Å². The molecule has 2 aromatic carbocycles. The van der Waals surface area contributed by atoms with Crippen LogP contribution in [0.2, 0.25) is 5.02 Å². The van der Waals surface area contributed by atoms with Crippen molar-refractivity contribution in [2.45, 2.75) is 43.0 Å². The predicted octanol–water partition coefficient (Wildman–Crippen LogP) is 4.57. The van der Waals surface area contributed by atoms with E-state index in [1.807, 2.05) is 0 Å². The Labute approximate surface area is 172 Å². The quantitative estimate of drug-likeness (QED) is 0.711. The van der Waals surface area contributed by atoms with Crippen molar-refractivity contribution in [3.8, 4) is 0 Å². The van der Waals surface area contributed by atoms with Gasteiger partial charge in [0.25, 0.3) is 15.9 Å². The number of benzene rings is 2. The normalized spacial score (nSPS) is 15.2. The summed E-state index contributed by atoms with van der Waals surface area (Å²) in [6, 6.07) is 13.1. The number of carbonyl (C=O) groups is 1. The standard InChI is InChI=1S/C21H25ClN2O3S/c1-23(18-10-4-3-5-11-18)21(25)16-8-6-13-20(14-16)28(26,27)24(2)19-12-7-9-17(22)15-19/h6-9,12-15,18H,3-5,10-11H2,1-2H3. The second kappa shape index (κ2) is 8.53. The zero-order chi connectivity index (χ0) is 20.3. The Hall–Kier alpha value is -2.05. The molecule has 0 aliphatic heterocycles. The Kier molecular flexibility index (Phi) is 6.30. The minimum Gasteiger partial charge on any atom is -0.339 e. The first kappa shape index (κ1) is 20.7. The van der Waals surface area contributed by atoms with Crippen LogP contribution in [0.25, 0.3) is 0 Å². The van der Waals surface area contributed by atoms with Crippen molar-refractivity contribution in [1.29, 1.82) is 0 Å². The molecule has 2 aromatic rings. The van der Waals surface area contributed by atoms with Crippen molar-refractivity contribution in [2.75, 3.05) is 18.4 Å². The number of anilines is 1. The van der Waals surface area contributed by atoms with E-state index in [1.54, 1.807) is 48.3 Å². The maximum atomic E-state index is 13.0. The molecule has 0 spiro atoms. The van der Waals surface area contributed by atoms with Gasteiger partial charge in [0, 0.05) is 30.7 Å².